The summed E-state index contributed by atoms with van der Waals surface area (Å²) < 4.78 is 12.3. The van der Waals surface area contributed by atoms with Crippen LogP contribution in [-0.2, 0) is 16.6 Å². The van der Waals surface area contributed by atoms with E-state index in [9.17, 15) is 9.90 Å². The highest BCUT2D eigenvalue weighted by atomic mass is 79.9. The second-order valence-corrected chi connectivity index (χ2v) is 6.90. The Kier molecular flexibility index (Phi) is 4.35. The molecule has 0 bridgehead atoms. The van der Waals surface area contributed by atoms with Gasteiger partial charge < -0.3 is 14.6 Å². The van der Waals surface area contributed by atoms with Crippen molar-refractivity contribution in [3.05, 3.63) is 21.7 Å². The van der Waals surface area contributed by atoms with E-state index in [1.807, 2.05) is 13.0 Å². The van der Waals surface area contributed by atoms with E-state index in [1.54, 1.807) is 0 Å². The molecule has 0 unspecified atom stereocenters. The van der Waals surface area contributed by atoms with Gasteiger partial charge in [0.2, 0.25) is 0 Å². The van der Waals surface area contributed by atoms with Crippen LogP contribution < -0.4 is 9.47 Å². The molecule has 1 fully saturated rings. The molecule has 1 aliphatic heterocycles. The van der Waals surface area contributed by atoms with Crippen molar-refractivity contribution in [2.75, 3.05) is 13.2 Å². The van der Waals surface area contributed by atoms with Crippen LogP contribution in [0, 0.1) is 0 Å². The van der Waals surface area contributed by atoms with Crippen molar-refractivity contribution >= 4 is 21.9 Å². The van der Waals surface area contributed by atoms with E-state index < -0.39 is 11.4 Å². The third-order valence-electron chi connectivity index (χ3n) is 4.86. The van der Waals surface area contributed by atoms with E-state index in [2.05, 4.69) is 15.9 Å². The molecule has 5 heteroatoms. The number of aliphatic carboxylic acids is 1. The molecule has 0 atom stereocenters. The van der Waals surface area contributed by atoms with Crippen LogP contribution in [0.1, 0.15) is 50.2 Å². The molecular formula is C17H21BrO4. The molecule has 1 saturated carbocycles. The highest BCUT2D eigenvalue weighted by molar-refractivity contribution is 9.10. The van der Waals surface area contributed by atoms with E-state index in [-0.39, 0.29) is 0 Å². The third-order valence-corrected chi connectivity index (χ3v) is 5.44. The molecule has 3 rings (SSSR count). The number of ether oxygens (including phenoxy) is 2. The van der Waals surface area contributed by atoms with Gasteiger partial charge in [0.05, 0.1) is 9.89 Å². The zero-order chi connectivity index (χ0) is 15.7. The lowest BCUT2D eigenvalue weighted by Crippen LogP contribution is -2.39. The van der Waals surface area contributed by atoms with Crippen molar-refractivity contribution in [1.82, 2.24) is 0 Å². The Morgan fingerprint density at radius 1 is 1.23 bits per heavy atom. The van der Waals surface area contributed by atoms with Gasteiger partial charge >= 0.3 is 5.97 Å². The molecule has 1 aliphatic carbocycles. The topological polar surface area (TPSA) is 55.8 Å². The number of carboxylic acid groups (broad SMARTS) is 1. The summed E-state index contributed by atoms with van der Waals surface area (Å²) >= 11 is 3.54. The minimum Gasteiger partial charge on any atom is -0.486 e. The monoisotopic (exact) mass is 368 g/mol. The number of benzene rings is 1. The first-order valence-electron chi connectivity index (χ1n) is 7.95. The average Bonchev–Trinajstić information content (AvgIpc) is 2.55. The van der Waals surface area contributed by atoms with Gasteiger partial charge in [-0.3, -0.25) is 4.79 Å². The van der Waals surface area contributed by atoms with Crippen LogP contribution in [0.15, 0.2) is 10.5 Å². The van der Waals surface area contributed by atoms with E-state index in [0.29, 0.717) is 31.8 Å². The normalized spacial score (nSPS) is 19.7. The van der Waals surface area contributed by atoms with Crippen LogP contribution in [0.4, 0.5) is 0 Å². The maximum atomic E-state index is 12.1. The van der Waals surface area contributed by atoms with Gasteiger partial charge in [0.25, 0.3) is 0 Å². The van der Waals surface area contributed by atoms with Crippen molar-refractivity contribution in [2.45, 2.75) is 50.9 Å². The van der Waals surface area contributed by atoms with Gasteiger partial charge in [0.15, 0.2) is 11.5 Å². The number of carbonyl (C=O) groups is 1. The lowest BCUT2D eigenvalue weighted by molar-refractivity contribution is -0.145. The summed E-state index contributed by atoms with van der Waals surface area (Å²) in [6.45, 7) is 3.08. The fraction of sp³-hybridized carbons (Fsp3) is 0.588. The summed E-state index contributed by atoms with van der Waals surface area (Å²) in [5, 5.41) is 9.97. The quantitative estimate of drug-likeness (QED) is 0.873. The van der Waals surface area contributed by atoms with Crippen molar-refractivity contribution in [3.8, 4) is 11.5 Å². The van der Waals surface area contributed by atoms with E-state index in [4.69, 9.17) is 9.47 Å². The summed E-state index contributed by atoms with van der Waals surface area (Å²) in [5.74, 6) is 0.720. The minimum atomic E-state index is -0.790. The maximum absolute atomic E-state index is 12.1. The third kappa shape index (κ3) is 2.39. The van der Waals surface area contributed by atoms with E-state index >= 15 is 0 Å². The number of hydrogen-bond acceptors (Lipinski definition) is 3. The van der Waals surface area contributed by atoms with E-state index in [1.165, 1.54) is 0 Å². The summed E-state index contributed by atoms with van der Waals surface area (Å²) in [5.41, 5.74) is 1.10. The van der Waals surface area contributed by atoms with Gasteiger partial charge in [0, 0.05) is 5.56 Å². The summed E-state index contributed by atoms with van der Waals surface area (Å²) in [6.07, 6.45) is 5.16. The first kappa shape index (κ1) is 15.7. The van der Waals surface area contributed by atoms with Crippen molar-refractivity contribution in [3.63, 3.8) is 0 Å². The molecule has 2 aliphatic rings. The first-order valence-corrected chi connectivity index (χ1v) is 8.74. The fourth-order valence-corrected chi connectivity index (χ4v) is 4.28. The molecule has 1 aromatic carbocycles. The molecule has 4 nitrogen and oxygen atoms in total. The molecule has 1 heterocycles. The Balaban J connectivity index is 2.20. The molecular weight excluding hydrogens is 348 g/mol. The Bertz CT molecular complexity index is 591. The summed E-state index contributed by atoms with van der Waals surface area (Å²) in [7, 11) is 0. The Labute approximate surface area is 138 Å². The van der Waals surface area contributed by atoms with Crippen LogP contribution in [0.25, 0.3) is 0 Å². The second-order valence-electron chi connectivity index (χ2n) is 6.04. The lowest BCUT2D eigenvalue weighted by Gasteiger charge is -2.36. The number of halogens is 1. The molecule has 0 saturated heterocycles. The summed E-state index contributed by atoms with van der Waals surface area (Å²) in [4.78, 5) is 12.1. The van der Waals surface area contributed by atoms with Gasteiger partial charge in [-0.05, 0) is 46.8 Å². The largest absolute Gasteiger partial charge is 0.486 e. The SMILES string of the molecule is CCc1c(C2(C(=O)O)CCCCC2)cc(Br)c2c1OCCO2. The number of fused-ring (bicyclic) bond motifs is 1. The molecule has 0 amide bonds. The van der Waals surface area contributed by atoms with Crippen LogP contribution in [0.2, 0.25) is 0 Å². The number of hydrogen-bond donors (Lipinski definition) is 1. The van der Waals surface area contributed by atoms with Crippen LogP contribution >= 0.6 is 15.9 Å². The number of carboxylic acids is 1. The zero-order valence-electron chi connectivity index (χ0n) is 12.8. The van der Waals surface area contributed by atoms with Gasteiger partial charge in [-0.2, -0.15) is 0 Å². The predicted molar refractivity (Wildman–Crippen MR) is 86.9 cm³/mol. The molecule has 0 spiro atoms. The van der Waals surface area contributed by atoms with Gasteiger partial charge in [-0.15, -0.1) is 0 Å². The maximum Gasteiger partial charge on any atom is 0.314 e. The molecule has 1 N–H and O–H groups in total. The van der Waals surface area contributed by atoms with Crippen molar-refractivity contribution in [2.24, 2.45) is 0 Å². The van der Waals surface area contributed by atoms with Crippen LogP contribution in [-0.4, -0.2) is 24.3 Å². The van der Waals surface area contributed by atoms with Gasteiger partial charge in [-0.25, -0.2) is 0 Å². The zero-order valence-corrected chi connectivity index (χ0v) is 14.4. The Hall–Kier alpha value is -1.23. The average molecular weight is 369 g/mol. The first-order chi connectivity index (χ1) is 10.6. The fourth-order valence-electron chi connectivity index (χ4n) is 3.75. The highest BCUT2D eigenvalue weighted by Crippen LogP contribution is 2.49. The molecule has 22 heavy (non-hydrogen) atoms. The molecule has 0 radical (unpaired) electrons. The minimum absolute atomic E-state index is 0.510. The lowest BCUT2D eigenvalue weighted by atomic mass is 9.67. The van der Waals surface area contributed by atoms with Crippen LogP contribution in [0.5, 0.6) is 11.5 Å². The standard InChI is InChI=1S/C17H21BrO4/c1-2-11-12(17(16(19)20)6-4-3-5-7-17)10-13(18)15-14(11)21-8-9-22-15/h10H,2-9H2,1H3,(H,19,20). The Morgan fingerprint density at radius 3 is 2.45 bits per heavy atom. The molecule has 0 aromatic heterocycles. The van der Waals surface area contributed by atoms with Gasteiger partial charge in [0.1, 0.15) is 13.2 Å². The smallest absolute Gasteiger partial charge is 0.314 e. The Morgan fingerprint density at radius 2 is 1.86 bits per heavy atom. The number of rotatable bonds is 3. The van der Waals surface area contributed by atoms with Crippen molar-refractivity contribution in [1.29, 1.82) is 0 Å². The molecule has 120 valence electrons. The van der Waals surface area contributed by atoms with Crippen LogP contribution in [0.3, 0.4) is 0 Å². The second kappa shape index (κ2) is 6.11. The molecule has 1 aromatic rings. The highest BCUT2D eigenvalue weighted by Gasteiger charge is 2.44. The van der Waals surface area contributed by atoms with E-state index in [0.717, 1.165) is 47.0 Å². The predicted octanol–water partition coefficient (Wildman–Crippen LogP) is 4.07. The van der Waals surface area contributed by atoms with Crippen molar-refractivity contribution < 1.29 is 19.4 Å². The summed E-state index contributed by atoms with van der Waals surface area (Å²) in [6, 6.07) is 1.95. The van der Waals surface area contributed by atoms with Gasteiger partial charge in [-0.1, -0.05) is 26.2 Å².